The highest BCUT2D eigenvalue weighted by atomic mass is 16.2. The Morgan fingerprint density at radius 2 is 1.82 bits per heavy atom. The van der Waals surface area contributed by atoms with Gasteiger partial charge in [0, 0.05) is 51.8 Å². The molecule has 3 aromatic rings. The maximum absolute atomic E-state index is 13.3. The molecule has 0 fully saturated rings. The second-order valence-corrected chi connectivity index (χ2v) is 6.88. The number of hydrogen-bond donors (Lipinski definition) is 0. The van der Waals surface area contributed by atoms with Gasteiger partial charge in [0.2, 0.25) is 0 Å². The van der Waals surface area contributed by atoms with Crippen molar-refractivity contribution in [2.75, 3.05) is 13.6 Å². The molecule has 1 aliphatic heterocycles. The minimum Gasteiger partial charge on any atom is -0.337 e. The van der Waals surface area contributed by atoms with Crippen molar-refractivity contribution < 1.29 is 9.59 Å². The summed E-state index contributed by atoms with van der Waals surface area (Å²) in [5.74, 6) is -0.0460. The molecule has 0 atom stereocenters. The zero-order valence-corrected chi connectivity index (χ0v) is 15.7. The van der Waals surface area contributed by atoms with Crippen LogP contribution in [0, 0.1) is 0 Å². The van der Waals surface area contributed by atoms with Gasteiger partial charge in [0.1, 0.15) is 5.69 Å². The van der Waals surface area contributed by atoms with Gasteiger partial charge in [-0.15, -0.1) is 0 Å². The standard InChI is InChI=1S/C21H21N5O2/c1-24-10-11-25-15-18(23-19(25)21(24)28)20(27)26(13-16-6-3-2-4-7-16)14-17-8-5-9-22-12-17/h2-9,12,15H,10-11,13-14H2,1H3. The molecule has 0 unspecified atom stereocenters. The summed E-state index contributed by atoms with van der Waals surface area (Å²) in [6.07, 6.45) is 5.14. The third-order valence-corrected chi connectivity index (χ3v) is 4.81. The van der Waals surface area contributed by atoms with E-state index < -0.39 is 0 Å². The van der Waals surface area contributed by atoms with Crippen molar-refractivity contribution in [1.82, 2.24) is 24.3 Å². The highest BCUT2D eigenvalue weighted by Crippen LogP contribution is 2.16. The number of aromatic nitrogens is 3. The van der Waals surface area contributed by atoms with E-state index in [0.29, 0.717) is 37.7 Å². The van der Waals surface area contributed by atoms with Gasteiger partial charge < -0.3 is 14.4 Å². The van der Waals surface area contributed by atoms with Gasteiger partial charge in [0.25, 0.3) is 11.8 Å². The third kappa shape index (κ3) is 3.64. The molecule has 4 rings (SSSR count). The topological polar surface area (TPSA) is 71.3 Å². The number of likely N-dealkylation sites (N-methyl/N-ethyl adjacent to an activating group) is 1. The summed E-state index contributed by atoms with van der Waals surface area (Å²) in [6.45, 7) is 2.11. The largest absolute Gasteiger partial charge is 0.337 e. The molecule has 0 bridgehead atoms. The number of imidazole rings is 1. The summed E-state index contributed by atoms with van der Waals surface area (Å²) >= 11 is 0. The van der Waals surface area contributed by atoms with Gasteiger partial charge in [-0.05, 0) is 17.2 Å². The van der Waals surface area contributed by atoms with Crippen molar-refractivity contribution in [1.29, 1.82) is 0 Å². The van der Waals surface area contributed by atoms with Gasteiger partial charge in [-0.1, -0.05) is 36.4 Å². The Hall–Kier alpha value is -3.48. The normalized spacial score (nSPS) is 13.3. The predicted molar refractivity (Wildman–Crippen MR) is 103 cm³/mol. The molecule has 142 valence electrons. The number of hydrogen-bond acceptors (Lipinski definition) is 4. The van der Waals surface area contributed by atoms with Gasteiger partial charge >= 0.3 is 0 Å². The number of pyridine rings is 1. The molecule has 7 heteroatoms. The van der Waals surface area contributed by atoms with Gasteiger partial charge in [-0.3, -0.25) is 14.6 Å². The van der Waals surface area contributed by atoms with Crippen LogP contribution in [0.3, 0.4) is 0 Å². The zero-order chi connectivity index (χ0) is 19.5. The lowest BCUT2D eigenvalue weighted by Crippen LogP contribution is -2.37. The van der Waals surface area contributed by atoms with E-state index in [-0.39, 0.29) is 11.8 Å². The van der Waals surface area contributed by atoms with Gasteiger partial charge in [0.15, 0.2) is 5.82 Å². The quantitative estimate of drug-likeness (QED) is 0.685. The molecule has 7 nitrogen and oxygen atoms in total. The van der Waals surface area contributed by atoms with E-state index in [4.69, 9.17) is 0 Å². The van der Waals surface area contributed by atoms with E-state index in [2.05, 4.69) is 9.97 Å². The van der Waals surface area contributed by atoms with Crippen LogP contribution in [-0.4, -0.2) is 49.7 Å². The lowest BCUT2D eigenvalue weighted by Gasteiger charge is -2.22. The fourth-order valence-electron chi connectivity index (χ4n) is 3.27. The summed E-state index contributed by atoms with van der Waals surface area (Å²) in [7, 11) is 1.74. The molecule has 1 aromatic carbocycles. The van der Waals surface area contributed by atoms with Crippen LogP contribution in [0.25, 0.3) is 0 Å². The fraction of sp³-hybridized carbons (Fsp3) is 0.238. The third-order valence-electron chi connectivity index (χ3n) is 4.81. The first kappa shape index (κ1) is 17.9. The first-order chi connectivity index (χ1) is 13.6. The Labute approximate surface area is 163 Å². The van der Waals surface area contributed by atoms with Crippen LogP contribution in [0.1, 0.15) is 32.2 Å². The van der Waals surface area contributed by atoms with Crippen molar-refractivity contribution in [3.63, 3.8) is 0 Å². The lowest BCUT2D eigenvalue weighted by atomic mass is 10.2. The Balaban J connectivity index is 1.63. The van der Waals surface area contributed by atoms with Crippen LogP contribution in [0.2, 0.25) is 0 Å². The predicted octanol–water partition coefficient (Wildman–Crippen LogP) is 2.21. The monoisotopic (exact) mass is 375 g/mol. The van der Waals surface area contributed by atoms with Crippen molar-refractivity contribution in [2.45, 2.75) is 19.6 Å². The van der Waals surface area contributed by atoms with E-state index in [1.165, 1.54) is 0 Å². The molecule has 0 N–H and O–H groups in total. The Morgan fingerprint density at radius 3 is 2.57 bits per heavy atom. The minimum atomic E-state index is -0.204. The van der Waals surface area contributed by atoms with Crippen molar-refractivity contribution >= 4 is 11.8 Å². The average molecular weight is 375 g/mol. The van der Waals surface area contributed by atoms with Gasteiger partial charge in [0.05, 0.1) is 0 Å². The lowest BCUT2D eigenvalue weighted by molar-refractivity contribution is 0.0724. The van der Waals surface area contributed by atoms with Crippen molar-refractivity contribution in [3.05, 3.63) is 83.7 Å². The molecule has 0 spiro atoms. The van der Waals surface area contributed by atoms with Crippen LogP contribution in [-0.2, 0) is 19.6 Å². The molecular formula is C21H21N5O2. The number of fused-ring (bicyclic) bond motifs is 1. The molecule has 2 amide bonds. The van der Waals surface area contributed by atoms with E-state index in [0.717, 1.165) is 11.1 Å². The molecule has 2 aromatic heterocycles. The van der Waals surface area contributed by atoms with Crippen LogP contribution in [0.4, 0.5) is 0 Å². The fourth-order valence-corrected chi connectivity index (χ4v) is 3.27. The van der Waals surface area contributed by atoms with Crippen molar-refractivity contribution in [3.8, 4) is 0 Å². The number of rotatable bonds is 5. The Bertz CT molecular complexity index is 943. The maximum Gasteiger partial charge on any atom is 0.289 e. The number of benzene rings is 1. The number of carbonyl (C=O) groups is 2. The Kier molecular flexibility index (Phi) is 4.89. The van der Waals surface area contributed by atoms with E-state index in [1.54, 1.807) is 40.0 Å². The first-order valence-electron chi connectivity index (χ1n) is 9.16. The maximum atomic E-state index is 13.3. The first-order valence-corrected chi connectivity index (χ1v) is 9.16. The zero-order valence-electron chi connectivity index (χ0n) is 15.7. The molecule has 0 saturated carbocycles. The summed E-state index contributed by atoms with van der Waals surface area (Å²) in [6, 6.07) is 13.6. The summed E-state index contributed by atoms with van der Waals surface area (Å²) in [5.41, 5.74) is 2.25. The molecule has 1 aliphatic rings. The summed E-state index contributed by atoms with van der Waals surface area (Å²) < 4.78 is 1.76. The van der Waals surface area contributed by atoms with Gasteiger partial charge in [-0.2, -0.15) is 0 Å². The molecule has 0 aliphatic carbocycles. The van der Waals surface area contributed by atoms with Crippen LogP contribution in [0.15, 0.2) is 61.1 Å². The average Bonchev–Trinajstić information content (AvgIpc) is 3.16. The highest BCUT2D eigenvalue weighted by Gasteiger charge is 2.28. The van der Waals surface area contributed by atoms with Crippen LogP contribution >= 0.6 is 0 Å². The Morgan fingerprint density at radius 1 is 1.07 bits per heavy atom. The second-order valence-electron chi connectivity index (χ2n) is 6.88. The van der Waals surface area contributed by atoms with E-state index in [1.807, 2.05) is 42.5 Å². The number of carbonyl (C=O) groups excluding carboxylic acids is 2. The van der Waals surface area contributed by atoms with Crippen LogP contribution < -0.4 is 0 Å². The molecule has 28 heavy (non-hydrogen) atoms. The van der Waals surface area contributed by atoms with Gasteiger partial charge in [-0.25, -0.2) is 4.98 Å². The number of nitrogens with zero attached hydrogens (tertiary/aromatic N) is 5. The minimum absolute atomic E-state index is 0.160. The van der Waals surface area contributed by atoms with E-state index in [9.17, 15) is 9.59 Å². The highest BCUT2D eigenvalue weighted by molar-refractivity contribution is 5.96. The van der Waals surface area contributed by atoms with E-state index >= 15 is 0 Å². The van der Waals surface area contributed by atoms with Crippen molar-refractivity contribution in [2.24, 2.45) is 0 Å². The smallest absolute Gasteiger partial charge is 0.289 e. The molecule has 3 heterocycles. The summed E-state index contributed by atoms with van der Waals surface area (Å²) in [5, 5.41) is 0. The molecule has 0 radical (unpaired) electrons. The van der Waals surface area contributed by atoms with Crippen LogP contribution in [0.5, 0.6) is 0 Å². The molecular weight excluding hydrogens is 354 g/mol. The second kappa shape index (κ2) is 7.64. The molecule has 0 saturated heterocycles. The summed E-state index contributed by atoms with van der Waals surface area (Å²) in [4.78, 5) is 37.4. The number of amides is 2. The SMILES string of the molecule is CN1CCn2cc(C(=O)N(Cc3ccccc3)Cc3cccnc3)nc2C1=O.